The van der Waals surface area contributed by atoms with Gasteiger partial charge in [0.2, 0.25) is 0 Å². The molecule has 1 saturated heterocycles. The molecule has 2 heterocycles. The Balaban J connectivity index is 1.79. The van der Waals surface area contributed by atoms with E-state index in [-0.39, 0.29) is 0 Å². The molecular formula is C14H25N3OS. The standard InChI is InChI=1S/C14H25N3OS/c1-3-7-15-9-12-11-19-14(16-12)17(2)10-13-6-4-5-8-18-13/h11,13,15H,3-10H2,1-2H3. The molecule has 1 fully saturated rings. The maximum atomic E-state index is 5.78. The molecule has 1 N–H and O–H groups in total. The van der Waals surface area contributed by atoms with Gasteiger partial charge in [-0.2, -0.15) is 0 Å². The summed E-state index contributed by atoms with van der Waals surface area (Å²) in [5.41, 5.74) is 1.14. The Morgan fingerprint density at radius 3 is 3.16 bits per heavy atom. The molecule has 0 aromatic carbocycles. The molecule has 0 radical (unpaired) electrons. The first-order valence-corrected chi connectivity index (χ1v) is 8.15. The van der Waals surface area contributed by atoms with Gasteiger partial charge in [0.25, 0.3) is 0 Å². The van der Waals surface area contributed by atoms with Gasteiger partial charge in [0.1, 0.15) is 0 Å². The second kappa shape index (κ2) is 7.82. The Morgan fingerprint density at radius 1 is 1.53 bits per heavy atom. The molecule has 0 amide bonds. The molecule has 1 aliphatic heterocycles. The molecule has 1 aromatic rings. The maximum absolute atomic E-state index is 5.78. The van der Waals surface area contributed by atoms with Crippen molar-refractivity contribution in [3.8, 4) is 0 Å². The van der Waals surface area contributed by atoms with Crippen LogP contribution in [0.15, 0.2) is 5.38 Å². The predicted octanol–water partition coefficient (Wildman–Crippen LogP) is 2.65. The smallest absolute Gasteiger partial charge is 0.185 e. The first kappa shape index (κ1) is 14.8. The first-order chi connectivity index (χ1) is 9.29. The van der Waals surface area contributed by atoms with Crippen LogP contribution in [0.4, 0.5) is 5.13 Å². The van der Waals surface area contributed by atoms with E-state index < -0.39 is 0 Å². The minimum atomic E-state index is 0.379. The molecule has 108 valence electrons. The number of nitrogens with zero attached hydrogens (tertiary/aromatic N) is 2. The fourth-order valence-corrected chi connectivity index (χ4v) is 3.08. The lowest BCUT2D eigenvalue weighted by Gasteiger charge is -2.27. The normalized spacial score (nSPS) is 19.6. The van der Waals surface area contributed by atoms with Crippen molar-refractivity contribution in [2.75, 3.05) is 31.6 Å². The zero-order valence-electron chi connectivity index (χ0n) is 12.0. The number of ether oxygens (including phenoxy) is 1. The number of rotatable bonds is 7. The van der Waals surface area contributed by atoms with E-state index in [1.165, 1.54) is 19.3 Å². The van der Waals surface area contributed by atoms with E-state index in [9.17, 15) is 0 Å². The Hall–Kier alpha value is -0.650. The van der Waals surface area contributed by atoms with Gasteiger partial charge in [-0.3, -0.25) is 0 Å². The van der Waals surface area contributed by atoms with Gasteiger partial charge in [-0.15, -0.1) is 11.3 Å². The molecule has 5 heteroatoms. The number of aromatic nitrogens is 1. The lowest BCUT2D eigenvalue weighted by atomic mass is 10.1. The van der Waals surface area contributed by atoms with Crippen molar-refractivity contribution in [2.24, 2.45) is 0 Å². The third kappa shape index (κ3) is 4.75. The van der Waals surface area contributed by atoms with Gasteiger partial charge < -0.3 is 15.0 Å². The average Bonchev–Trinajstić information content (AvgIpc) is 2.89. The van der Waals surface area contributed by atoms with E-state index in [2.05, 4.69) is 34.6 Å². The van der Waals surface area contributed by atoms with Gasteiger partial charge in [-0.25, -0.2) is 4.98 Å². The van der Waals surface area contributed by atoms with Crippen molar-refractivity contribution in [3.05, 3.63) is 11.1 Å². The molecule has 1 aliphatic rings. The molecule has 2 rings (SSSR count). The fraction of sp³-hybridized carbons (Fsp3) is 0.786. The highest BCUT2D eigenvalue weighted by Crippen LogP contribution is 2.21. The van der Waals surface area contributed by atoms with Crippen LogP contribution in [0.5, 0.6) is 0 Å². The summed E-state index contributed by atoms with van der Waals surface area (Å²) in [5, 5.41) is 6.63. The Morgan fingerprint density at radius 2 is 2.42 bits per heavy atom. The number of anilines is 1. The predicted molar refractivity (Wildman–Crippen MR) is 81.0 cm³/mol. The number of thiazole rings is 1. The third-order valence-corrected chi connectivity index (χ3v) is 4.35. The molecule has 0 saturated carbocycles. The molecule has 4 nitrogen and oxygen atoms in total. The minimum absolute atomic E-state index is 0.379. The Bertz CT molecular complexity index is 363. The lowest BCUT2D eigenvalue weighted by molar-refractivity contribution is 0.0216. The van der Waals surface area contributed by atoms with Crippen LogP contribution >= 0.6 is 11.3 Å². The van der Waals surface area contributed by atoms with Crippen molar-refractivity contribution in [3.63, 3.8) is 0 Å². The second-order valence-corrected chi connectivity index (χ2v) is 6.00. The molecule has 0 spiro atoms. The van der Waals surface area contributed by atoms with E-state index in [0.717, 1.165) is 43.5 Å². The number of hydrogen-bond donors (Lipinski definition) is 1. The summed E-state index contributed by atoms with van der Waals surface area (Å²) in [6.07, 6.45) is 5.23. The topological polar surface area (TPSA) is 37.4 Å². The van der Waals surface area contributed by atoms with E-state index in [1.807, 2.05) is 0 Å². The quantitative estimate of drug-likeness (QED) is 0.781. The Labute approximate surface area is 120 Å². The van der Waals surface area contributed by atoms with Crippen LogP contribution in [0.25, 0.3) is 0 Å². The van der Waals surface area contributed by atoms with Gasteiger partial charge >= 0.3 is 0 Å². The van der Waals surface area contributed by atoms with Crippen LogP contribution in [0.3, 0.4) is 0 Å². The van der Waals surface area contributed by atoms with Crippen molar-refractivity contribution in [1.82, 2.24) is 10.3 Å². The van der Waals surface area contributed by atoms with Gasteiger partial charge in [0, 0.05) is 32.1 Å². The van der Waals surface area contributed by atoms with Crippen molar-refractivity contribution in [2.45, 2.75) is 45.3 Å². The van der Waals surface area contributed by atoms with E-state index >= 15 is 0 Å². The van der Waals surface area contributed by atoms with Crippen LogP contribution in [-0.4, -0.2) is 37.8 Å². The molecule has 1 atom stereocenters. The van der Waals surface area contributed by atoms with Crippen molar-refractivity contribution < 1.29 is 4.74 Å². The lowest BCUT2D eigenvalue weighted by Crippen LogP contribution is -2.33. The SMILES string of the molecule is CCCNCc1csc(N(C)CC2CCCCO2)n1. The number of likely N-dealkylation sites (N-methyl/N-ethyl adjacent to an activating group) is 1. The van der Waals surface area contributed by atoms with Gasteiger partial charge in [0.05, 0.1) is 11.8 Å². The number of nitrogens with one attached hydrogen (secondary N) is 1. The fourth-order valence-electron chi connectivity index (χ4n) is 2.28. The van der Waals surface area contributed by atoms with Crippen LogP contribution in [0.2, 0.25) is 0 Å². The third-order valence-electron chi connectivity index (χ3n) is 3.35. The monoisotopic (exact) mass is 283 g/mol. The molecule has 1 unspecified atom stereocenters. The molecular weight excluding hydrogens is 258 g/mol. The summed E-state index contributed by atoms with van der Waals surface area (Å²) in [7, 11) is 2.11. The average molecular weight is 283 g/mol. The maximum Gasteiger partial charge on any atom is 0.185 e. The van der Waals surface area contributed by atoms with Gasteiger partial charge in [-0.1, -0.05) is 6.92 Å². The van der Waals surface area contributed by atoms with Crippen molar-refractivity contribution >= 4 is 16.5 Å². The van der Waals surface area contributed by atoms with E-state index in [0.29, 0.717) is 6.10 Å². The summed E-state index contributed by atoms with van der Waals surface area (Å²) in [6.45, 7) is 5.98. The van der Waals surface area contributed by atoms with E-state index in [1.54, 1.807) is 11.3 Å². The van der Waals surface area contributed by atoms with Crippen LogP contribution in [-0.2, 0) is 11.3 Å². The molecule has 1 aromatic heterocycles. The second-order valence-electron chi connectivity index (χ2n) is 5.17. The molecule has 0 aliphatic carbocycles. The molecule has 19 heavy (non-hydrogen) atoms. The molecule has 0 bridgehead atoms. The van der Waals surface area contributed by atoms with Gasteiger partial charge in [0.15, 0.2) is 5.13 Å². The van der Waals surface area contributed by atoms with Crippen molar-refractivity contribution in [1.29, 1.82) is 0 Å². The van der Waals surface area contributed by atoms with Gasteiger partial charge in [-0.05, 0) is 32.2 Å². The zero-order chi connectivity index (χ0) is 13.5. The largest absolute Gasteiger partial charge is 0.376 e. The minimum Gasteiger partial charge on any atom is -0.376 e. The zero-order valence-corrected chi connectivity index (χ0v) is 12.8. The highest BCUT2D eigenvalue weighted by molar-refractivity contribution is 7.13. The summed E-state index contributed by atoms with van der Waals surface area (Å²) >= 11 is 1.72. The van der Waals surface area contributed by atoms with Crippen LogP contribution in [0.1, 0.15) is 38.3 Å². The summed E-state index contributed by atoms with van der Waals surface area (Å²) < 4.78 is 5.78. The first-order valence-electron chi connectivity index (χ1n) is 7.27. The highest BCUT2D eigenvalue weighted by Gasteiger charge is 2.17. The summed E-state index contributed by atoms with van der Waals surface area (Å²) in [5.74, 6) is 0. The van der Waals surface area contributed by atoms with E-state index in [4.69, 9.17) is 4.74 Å². The van der Waals surface area contributed by atoms with Crippen LogP contribution < -0.4 is 10.2 Å². The highest BCUT2D eigenvalue weighted by atomic mass is 32.1. The van der Waals surface area contributed by atoms with Crippen LogP contribution in [0, 0.1) is 0 Å². The Kier molecular flexibility index (Phi) is 6.07. The summed E-state index contributed by atoms with van der Waals surface area (Å²) in [4.78, 5) is 6.90. The number of hydrogen-bond acceptors (Lipinski definition) is 5. The summed E-state index contributed by atoms with van der Waals surface area (Å²) in [6, 6.07) is 0.